The molecule has 0 aliphatic carbocycles. The monoisotopic (exact) mass is 331 g/mol. The molecule has 1 aromatic carbocycles. The van der Waals surface area contributed by atoms with Gasteiger partial charge in [-0.05, 0) is 19.4 Å². The number of amides is 2. The fraction of sp³-hybridized carbons (Fsp3) is 0.353. The van der Waals surface area contributed by atoms with E-state index in [4.69, 9.17) is 0 Å². The molecule has 5 nitrogen and oxygen atoms in total. The summed E-state index contributed by atoms with van der Waals surface area (Å²) in [6, 6.07) is 7.51. The smallest absolute Gasteiger partial charge is 0.222 e. The lowest BCUT2D eigenvalue weighted by Gasteiger charge is -2.18. The third kappa shape index (κ3) is 5.49. The molecule has 0 aliphatic heterocycles. The number of carbonyl (C=O) groups is 2. The van der Waals surface area contributed by atoms with Gasteiger partial charge >= 0.3 is 0 Å². The van der Waals surface area contributed by atoms with Crippen LogP contribution in [0, 0.1) is 13.8 Å². The minimum atomic E-state index is -0.323. The van der Waals surface area contributed by atoms with Crippen molar-refractivity contribution in [2.24, 2.45) is 0 Å². The van der Waals surface area contributed by atoms with Crippen LogP contribution in [-0.4, -0.2) is 16.8 Å². The highest BCUT2D eigenvalue weighted by molar-refractivity contribution is 7.11. The van der Waals surface area contributed by atoms with Crippen molar-refractivity contribution in [3.05, 3.63) is 51.5 Å². The van der Waals surface area contributed by atoms with Crippen LogP contribution < -0.4 is 10.6 Å². The highest BCUT2D eigenvalue weighted by Crippen LogP contribution is 2.18. The van der Waals surface area contributed by atoms with Gasteiger partial charge in [0.15, 0.2) is 0 Å². The Labute approximate surface area is 140 Å². The van der Waals surface area contributed by atoms with Gasteiger partial charge in [0.05, 0.1) is 24.0 Å². The normalized spacial score (nSPS) is 11.8. The average Bonchev–Trinajstić information content (AvgIpc) is 2.90. The Morgan fingerprint density at radius 1 is 1.22 bits per heavy atom. The van der Waals surface area contributed by atoms with Crippen LogP contribution >= 0.6 is 11.3 Å². The Balaban J connectivity index is 1.97. The van der Waals surface area contributed by atoms with E-state index >= 15 is 0 Å². The molecule has 1 heterocycles. The molecule has 1 unspecified atom stereocenters. The summed E-state index contributed by atoms with van der Waals surface area (Å²) in [6.07, 6.45) is 1.98. The summed E-state index contributed by atoms with van der Waals surface area (Å²) < 4.78 is 0. The number of nitrogens with zero attached hydrogens (tertiary/aromatic N) is 1. The summed E-state index contributed by atoms with van der Waals surface area (Å²) in [4.78, 5) is 28.8. The Kier molecular flexibility index (Phi) is 5.87. The largest absolute Gasteiger partial charge is 0.351 e. The Bertz CT molecular complexity index is 679. The molecule has 0 bridgehead atoms. The lowest BCUT2D eigenvalue weighted by molar-refractivity contribution is -0.122. The summed E-state index contributed by atoms with van der Waals surface area (Å²) in [5, 5.41) is 6.69. The Morgan fingerprint density at radius 2 is 1.91 bits per heavy atom. The molecule has 1 atom stereocenters. The van der Waals surface area contributed by atoms with Crippen molar-refractivity contribution >= 4 is 23.2 Å². The molecule has 0 fully saturated rings. The molecule has 23 heavy (non-hydrogen) atoms. The molecular weight excluding hydrogens is 310 g/mol. The Morgan fingerprint density at radius 3 is 2.48 bits per heavy atom. The highest BCUT2D eigenvalue weighted by Gasteiger charge is 2.17. The van der Waals surface area contributed by atoms with E-state index in [2.05, 4.69) is 15.6 Å². The maximum atomic E-state index is 12.2. The van der Waals surface area contributed by atoms with E-state index in [1.807, 2.05) is 38.1 Å². The fourth-order valence-electron chi connectivity index (χ4n) is 2.23. The van der Waals surface area contributed by atoms with Crippen molar-refractivity contribution in [2.45, 2.75) is 39.8 Å². The van der Waals surface area contributed by atoms with Crippen LogP contribution in [-0.2, 0) is 16.1 Å². The second-order valence-electron chi connectivity index (χ2n) is 5.49. The van der Waals surface area contributed by atoms with Crippen LogP contribution in [0.3, 0.4) is 0 Å². The van der Waals surface area contributed by atoms with Gasteiger partial charge < -0.3 is 10.6 Å². The summed E-state index contributed by atoms with van der Waals surface area (Å²) in [6.45, 7) is 5.85. The van der Waals surface area contributed by atoms with Crippen LogP contribution in [0.25, 0.3) is 0 Å². The van der Waals surface area contributed by atoms with E-state index in [1.54, 1.807) is 17.5 Å². The molecule has 1 aromatic heterocycles. The standard InChI is InChI=1S/C17H21N3O2S/c1-11-4-6-14(7-5-11)16(20-12(2)21)8-17(22)19-10-15-9-18-13(3)23-15/h4-7,9,16H,8,10H2,1-3H3,(H,19,22)(H,20,21). The Hall–Kier alpha value is -2.21. The van der Waals surface area contributed by atoms with Crippen molar-refractivity contribution in [3.8, 4) is 0 Å². The number of aromatic nitrogens is 1. The number of hydrogen-bond donors (Lipinski definition) is 2. The zero-order valence-corrected chi connectivity index (χ0v) is 14.4. The molecule has 6 heteroatoms. The van der Waals surface area contributed by atoms with Crippen molar-refractivity contribution in [2.75, 3.05) is 0 Å². The maximum Gasteiger partial charge on any atom is 0.222 e. The molecule has 0 saturated heterocycles. The van der Waals surface area contributed by atoms with Gasteiger partial charge in [-0.25, -0.2) is 4.98 Å². The first-order chi connectivity index (χ1) is 10.9. The van der Waals surface area contributed by atoms with Gasteiger partial charge in [-0.15, -0.1) is 11.3 Å². The summed E-state index contributed by atoms with van der Waals surface area (Å²) in [5.41, 5.74) is 2.06. The van der Waals surface area contributed by atoms with Gasteiger partial charge in [0, 0.05) is 18.0 Å². The quantitative estimate of drug-likeness (QED) is 0.855. The van der Waals surface area contributed by atoms with Gasteiger partial charge in [-0.2, -0.15) is 0 Å². The molecule has 2 N–H and O–H groups in total. The van der Waals surface area contributed by atoms with Crippen LogP contribution in [0.2, 0.25) is 0 Å². The number of rotatable bonds is 6. The van der Waals surface area contributed by atoms with E-state index in [1.165, 1.54) is 6.92 Å². The zero-order chi connectivity index (χ0) is 16.8. The minimum Gasteiger partial charge on any atom is -0.351 e. The number of carbonyl (C=O) groups excluding carboxylic acids is 2. The summed E-state index contributed by atoms with van der Waals surface area (Å²) in [5.74, 6) is -0.253. The molecule has 122 valence electrons. The van der Waals surface area contributed by atoms with Gasteiger partial charge in [0.1, 0.15) is 0 Å². The predicted molar refractivity (Wildman–Crippen MR) is 91.1 cm³/mol. The predicted octanol–water partition coefficient (Wildman–Crippen LogP) is 2.64. The fourth-order valence-corrected chi connectivity index (χ4v) is 2.96. The second kappa shape index (κ2) is 7.87. The number of thiazole rings is 1. The minimum absolute atomic E-state index is 0.102. The number of nitrogens with one attached hydrogen (secondary N) is 2. The van der Waals surface area contributed by atoms with E-state index < -0.39 is 0 Å². The third-order valence-corrected chi connectivity index (χ3v) is 4.29. The lowest BCUT2D eigenvalue weighted by Crippen LogP contribution is -2.32. The maximum absolute atomic E-state index is 12.2. The van der Waals surface area contributed by atoms with E-state index in [-0.39, 0.29) is 24.3 Å². The first-order valence-electron chi connectivity index (χ1n) is 7.45. The van der Waals surface area contributed by atoms with Crippen molar-refractivity contribution < 1.29 is 9.59 Å². The number of aryl methyl sites for hydroxylation is 2. The van der Waals surface area contributed by atoms with Crippen molar-refractivity contribution in [1.29, 1.82) is 0 Å². The first kappa shape index (κ1) is 17.1. The molecule has 0 saturated carbocycles. The van der Waals surface area contributed by atoms with Crippen molar-refractivity contribution in [3.63, 3.8) is 0 Å². The number of benzene rings is 1. The van der Waals surface area contributed by atoms with Gasteiger partial charge in [0.2, 0.25) is 11.8 Å². The van der Waals surface area contributed by atoms with Gasteiger partial charge in [0.25, 0.3) is 0 Å². The summed E-state index contributed by atoms with van der Waals surface area (Å²) in [7, 11) is 0. The second-order valence-corrected chi connectivity index (χ2v) is 6.81. The van der Waals surface area contributed by atoms with Crippen LogP contribution in [0.1, 0.15) is 40.4 Å². The van der Waals surface area contributed by atoms with Crippen LogP contribution in [0.15, 0.2) is 30.5 Å². The SMILES string of the molecule is CC(=O)NC(CC(=O)NCc1cnc(C)s1)c1ccc(C)cc1. The molecule has 2 aromatic rings. The summed E-state index contributed by atoms with van der Waals surface area (Å²) >= 11 is 1.56. The lowest BCUT2D eigenvalue weighted by atomic mass is 10.0. The molecule has 0 radical (unpaired) electrons. The van der Waals surface area contributed by atoms with Crippen LogP contribution in [0.4, 0.5) is 0 Å². The van der Waals surface area contributed by atoms with Gasteiger partial charge in [-0.3, -0.25) is 9.59 Å². The molecule has 0 aliphatic rings. The van der Waals surface area contributed by atoms with E-state index in [0.29, 0.717) is 6.54 Å². The van der Waals surface area contributed by atoms with Crippen molar-refractivity contribution in [1.82, 2.24) is 15.6 Å². The topological polar surface area (TPSA) is 71.1 Å². The van der Waals surface area contributed by atoms with E-state index in [0.717, 1.165) is 21.0 Å². The van der Waals surface area contributed by atoms with E-state index in [9.17, 15) is 9.59 Å². The van der Waals surface area contributed by atoms with Crippen LogP contribution in [0.5, 0.6) is 0 Å². The zero-order valence-electron chi connectivity index (χ0n) is 13.6. The average molecular weight is 331 g/mol. The molecule has 2 rings (SSSR count). The van der Waals surface area contributed by atoms with Gasteiger partial charge in [-0.1, -0.05) is 29.8 Å². The molecule has 0 spiro atoms. The first-order valence-corrected chi connectivity index (χ1v) is 8.27. The molecule has 2 amide bonds. The third-order valence-electron chi connectivity index (χ3n) is 3.38. The highest BCUT2D eigenvalue weighted by atomic mass is 32.1. The number of hydrogen-bond acceptors (Lipinski definition) is 4. The molecular formula is C17H21N3O2S.